The number of benzene rings is 3. The lowest BCUT2D eigenvalue weighted by Gasteiger charge is -2.33. The van der Waals surface area contributed by atoms with Crippen molar-refractivity contribution in [1.29, 1.82) is 0 Å². The van der Waals surface area contributed by atoms with Crippen LogP contribution in [0.25, 0.3) is 0 Å². The van der Waals surface area contributed by atoms with E-state index in [0.717, 1.165) is 47.5 Å². The highest BCUT2D eigenvalue weighted by atomic mass is 35.5. The highest BCUT2D eigenvalue weighted by molar-refractivity contribution is 7.92. The largest absolute Gasteiger partial charge is 0.495 e. The second-order valence-corrected chi connectivity index (χ2v) is 13.3. The van der Waals surface area contributed by atoms with E-state index in [4.69, 9.17) is 16.3 Å². The molecule has 10 heteroatoms. The third-order valence-corrected chi connectivity index (χ3v) is 9.91. The molecule has 3 aromatic rings. The minimum atomic E-state index is -4.24. The number of halogens is 1. The summed E-state index contributed by atoms with van der Waals surface area (Å²) in [6.07, 6.45) is 5.59. The molecule has 0 heterocycles. The number of hydrogen-bond donors (Lipinski definition) is 1. The maximum atomic E-state index is 14.2. The lowest BCUT2D eigenvalue weighted by Crippen LogP contribution is -2.53. The van der Waals surface area contributed by atoms with Crippen LogP contribution in [0.4, 0.5) is 5.69 Å². The molecule has 2 amide bonds. The molecule has 4 rings (SSSR count). The van der Waals surface area contributed by atoms with Crippen molar-refractivity contribution in [3.8, 4) is 5.75 Å². The van der Waals surface area contributed by atoms with Crippen LogP contribution >= 0.6 is 11.6 Å². The van der Waals surface area contributed by atoms with Gasteiger partial charge in [0.15, 0.2) is 0 Å². The standard InChI is InChI=1S/C33H40ClN3O5S/c1-24-14-17-29(18-15-24)43(40,41)37(30-22-27(34)16-19-31(30)42-3)23-32(38)36(21-20-26-10-6-4-7-11-26)25(2)33(39)35-28-12-8-5-9-13-28/h4,6-7,10-11,14-19,22,25,28H,5,8-9,12-13,20-21,23H2,1-3H3,(H,35,39)/t25-/m1/s1. The van der Waals surface area contributed by atoms with Crippen LogP contribution in [0.5, 0.6) is 5.75 Å². The van der Waals surface area contributed by atoms with Gasteiger partial charge in [0.05, 0.1) is 17.7 Å². The molecule has 1 aliphatic rings. The number of hydrogen-bond acceptors (Lipinski definition) is 5. The smallest absolute Gasteiger partial charge is 0.264 e. The van der Waals surface area contributed by atoms with Crippen molar-refractivity contribution in [3.05, 3.63) is 88.9 Å². The van der Waals surface area contributed by atoms with Gasteiger partial charge < -0.3 is 15.0 Å². The van der Waals surface area contributed by atoms with Crippen LogP contribution in [-0.4, -0.2) is 57.4 Å². The maximum Gasteiger partial charge on any atom is 0.264 e. The minimum Gasteiger partial charge on any atom is -0.495 e. The summed E-state index contributed by atoms with van der Waals surface area (Å²) in [6, 6.07) is 20.0. The number of carbonyl (C=O) groups is 2. The predicted octanol–water partition coefficient (Wildman–Crippen LogP) is 5.76. The topological polar surface area (TPSA) is 96.0 Å². The number of rotatable bonds is 12. The third kappa shape index (κ3) is 8.30. The van der Waals surface area contributed by atoms with E-state index in [1.807, 2.05) is 37.3 Å². The van der Waals surface area contributed by atoms with E-state index in [1.165, 1.54) is 30.2 Å². The van der Waals surface area contributed by atoms with Crippen LogP contribution in [0.3, 0.4) is 0 Å². The van der Waals surface area contributed by atoms with Crippen LogP contribution in [0.1, 0.15) is 50.2 Å². The van der Waals surface area contributed by atoms with Crippen LogP contribution in [0.15, 0.2) is 77.7 Å². The van der Waals surface area contributed by atoms with Gasteiger partial charge in [-0.1, -0.05) is 78.9 Å². The summed E-state index contributed by atoms with van der Waals surface area (Å²) in [7, 11) is -2.81. The summed E-state index contributed by atoms with van der Waals surface area (Å²) in [5.74, 6) is -0.520. The highest BCUT2D eigenvalue weighted by Crippen LogP contribution is 2.35. The van der Waals surface area contributed by atoms with Crippen molar-refractivity contribution in [2.45, 2.75) is 69.4 Å². The summed E-state index contributed by atoms with van der Waals surface area (Å²) in [4.78, 5) is 29.1. The van der Waals surface area contributed by atoms with Gasteiger partial charge in [0.25, 0.3) is 10.0 Å². The van der Waals surface area contributed by atoms with Gasteiger partial charge in [0.1, 0.15) is 18.3 Å². The van der Waals surface area contributed by atoms with Gasteiger partial charge >= 0.3 is 0 Å². The number of amides is 2. The van der Waals surface area contributed by atoms with Crippen molar-refractivity contribution in [2.24, 2.45) is 0 Å². The summed E-state index contributed by atoms with van der Waals surface area (Å²) in [5, 5.41) is 3.41. The van der Waals surface area contributed by atoms with Gasteiger partial charge in [-0.05, 0) is 69.0 Å². The zero-order chi connectivity index (χ0) is 31.0. The number of sulfonamides is 1. The first-order valence-corrected chi connectivity index (χ1v) is 16.5. The van der Waals surface area contributed by atoms with E-state index in [2.05, 4.69) is 5.32 Å². The van der Waals surface area contributed by atoms with E-state index in [-0.39, 0.29) is 39.8 Å². The summed E-state index contributed by atoms with van der Waals surface area (Å²) >= 11 is 6.31. The normalized spacial score (nSPS) is 14.5. The molecular weight excluding hydrogens is 586 g/mol. The zero-order valence-electron chi connectivity index (χ0n) is 25.0. The Hall–Kier alpha value is -3.56. The van der Waals surface area contributed by atoms with E-state index in [9.17, 15) is 18.0 Å². The minimum absolute atomic E-state index is 0.0202. The predicted molar refractivity (Wildman–Crippen MR) is 170 cm³/mol. The molecule has 230 valence electrons. The molecule has 1 aliphatic carbocycles. The Kier molecular flexibility index (Phi) is 11.1. The monoisotopic (exact) mass is 625 g/mol. The highest BCUT2D eigenvalue weighted by Gasteiger charge is 2.34. The molecule has 0 radical (unpaired) electrons. The van der Waals surface area contributed by atoms with Gasteiger partial charge in [-0.15, -0.1) is 0 Å². The first kappa shape index (κ1) is 32.4. The molecule has 0 aliphatic heterocycles. The fourth-order valence-corrected chi connectivity index (χ4v) is 6.93. The van der Waals surface area contributed by atoms with Crippen molar-refractivity contribution in [2.75, 3.05) is 24.5 Å². The van der Waals surface area contributed by atoms with Gasteiger partial charge in [0, 0.05) is 17.6 Å². The Balaban J connectivity index is 1.69. The van der Waals surface area contributed by atoms with E-state index < -0.39 is 28.5 Å². The van der Waals surface area contributed by atoms with E-state index >= 15 is 0 Å². The molecule has 8 nitrogen and oxygen atoms in total. The van der Waals surface area contributed by atoms with Crippen LogP contribution in [-0.2, 0) is 26.0 Å². The van der Waals surface area contributed by atoms with Crippen molar-refractivity contribution >= 4 is 39.1 Å². The summed E-state index contributed by atoms with van der Waals surface area (Å²) < 4.78 is 34.7. The fraction of sp³-hybridized carbons (Fsp3) is 0.394. The third-order valence-electron chi connectivity index (χ3n) is 7.90. The Morgan fingerprint density at radius 1 is 1.00 bits per heavy atom. The Morgan fingerprint density at radius 3 is 2.33 bits per heavy atom. The molecule has 0 saturated heterocycles. The molecule has 43 heavy (non-hydrogen) atoms. The molecule has 3 aromatic carbocycles. The average Bonchev–Trinajstić information content (AvgIpc) is 3.01. The first-order chi connectivity index (χ1) is 20.6. The number of anilines is 1. The molecular formula is C33H40ClN3O5S. The molecule has 0 spiro atoms. The lowest BCUT2D eigenvalue weighted by atomic mass is 9.95. The van der Waals surface area contributed by atoms with Crippen molar-refractivity contribution in [3.63, 3.8) is 0 Å². The molecule has 1 atom stereocenters. The molecule has 0 bridgehead atoms. The molecule has 0 aromatic heterocycles. The lowest BCUT2D eigenvalue weighted by molar-refractivity contribution is -0.139. The number of nitrogens with zero attached hydrogens (tertiary/aromatic N) is 2. The average molecular weight is 626 g/mol. The zero-order valence-corrected chi connectivity index (χ0v) is 26.5. The second kappa shape index (κ2) is 14.8. The second-order valence-electron chi connectivity index (χ2n) is 11.0. The Labute approximate surface area is 260 Å². The molecule has 1 fully saturated rings. The Bertz CT molecular complexity index is 1490. The fourth-order valence-electron chi connectivity index (χ4n) is 5.35. The van der Waals surface area contributed by atoms with Crippen molar-refractivity contribution in [1.82, 2.24) is 10.2 Å². The van der Waals surface area contributed by atoms with Crippen LogP contribution in [0.2, 0.25) is 5.02 Å². The number of methoxy groups -OCH3 is 1. The quantitative estimate of drug-likeness (QED) is 0.276. The Morgan fingerprint density at radius 2 is 1.67 bits per heavy atom. The molecule has 0 unspecified atom stereocenters. The van der Waals surface area contributed by atoms with Gasteiger partial charge in [-0.2, -0.15) is 0 Å². The molecule has 1 saturated carbocycles. The number of ether oxygens (including phenoxy) is 1. The number of aryl methyl sites for hydroxylation is 1. The van der Waals surface area contributed by atoms with Gasteiger partial charge in [0.2, 0.25) is 11.8 Å². The summed E-state index contributed by atoms with van der Waals surface area (Å²) in [5.41, 5.74) is 2.03. The summed E-state index contributed by atoms with van der Waals surface area (Å²) in [6.45, 7) is 3.23. The van der Waals surface area contributed by atoms with Crippen LogP contribution < -0.4 is 14.4 Å². The van der Waals surface area contributed by atoms with Gasteiger partial charge in [-0.25, -0.2) is 8.42 Å². The number of nitrogens with one attached hydrogen (secondary N) is 1. The van der Waals surface area contributed by atoms with Crippen molar-refractivity contribution < 1.29 is 22.7 Å². The number of carbonyl (C=O) groups excluding carboxylic acids is 2. The first-order valence-electron chi connectivity index (χ1n) is 14.7. The van der Waals surface area contributed by atoms with Gasteiger partial charge in [-0.3, -0.25) is 13.9 Å². The van der Waals surface area contributed by atoms with Crippen LogP contribution in [0, 0.1) is 6.92 Å². The van der Waals surface area contributed by atoms with E-state index in [0.29, 0.717) is 6.42 Å². The maximum absolute atomic E-state index is 14.2. The SMILES string of the molecule is COc1ccc(Cl)cc1N(CC(=O)N(CCc1ccccc1)[C@H](C)C(=O)NC1CCCCC1)S(=O)(=O)c1ccc(C)cc1. The van der Waals surface area contributed by atoms with E-state index in [1.54, 1.807) is 31.2 Å². The molecule has 1 N–H and O–H groups in total.